The Morgan fingerprint density at radius 3 is 2.76 bits per heavy atom. The van der Waals surface area contributed by atoms with E-state index in [1.54, 1.807) is 14.0 Å². The van der Waals surface area contributed by atoms with E-state index >= 15 is 0 Å². The highest BCUT2D eigenvalue weighted by Crippen LogP contribution is 2.25. The topological polar surface area (TPSA) is 141 Å². The van der Waals surface area contributed by atoms with Gasteiger partial charge in [-0.25, -0.2) is 4.98 Å². The molecule has 3 atom stereocenters. The van der Waals surface area contributed by atoms with Crippen LogP contribution < -0.4 is 20.7 Å². The lowest BCUT2D eigenvalue weighted by Crippen LogP contribution is -2.61. The third kappa shape index (κ3) is 6.13. The van der Waals surface area contributed by atoms with Gasteiger partial charge in [0.1, 0.15) is 30.3 Å². The van der Waals surface area contributed by atoms with Gasteiger partial charge >= 0.3 is 0 Å². The molecule has 0 spiro atoms. The molecule has 4 rings (SSSR count). The molecule has 0 aliphatic carbocycles. The number of morpholine rings is 1. The van der Waals surface area contributed by atoms with E-state index in [-0.39, 0.29) is 23.8 Å². The molecule has 3 aromatic rings. The number of amides is 2. The Morgan fingerprint density at radius 1 is 1.21 bits per heavy atom. The van der Waals surface area contributed by atoms with E-state index in [0.29, 0.717) is 43.5 Å². The summed E-state index contributed by atoms with van der Waals surface area (Å²) < 4.78 is 18.5. The highest BCUT2D eigenvalue weighted by molar-refractivity contribution is 5.91. The third-order valence-electron chi connectivity index (χ3n) is 6.48. The first kappa shape index (κ1) is 27.5. The molecule has 1 aromatic carbocycles. The molecule has 1 fully saturated rings. The Labute approximate surface area is 221 Å². The van der Waals surface area contributed by atoms with Gasteiger partial charge in [0, 0.05) is 26.3 Å². The minimum Gasteiger partial charge on any atom is -0.491 e. The number of unbranched alkanes of at least 4 members (excludes halogenated alkanes) is 1. The number of fused-ring (bicyclic) bond motifs is 3. The molecule has 0 saturated carbocycles. The van der Waals surface area contributed by atoms with Crippen LogP contribution in [0.15, 0.2) is 18.2 Å². The number of anilines is 1. The van der Waals surface area contributed by atoms with Crippen LogP contribution in [0.25, 0.3) is 16.7 Å². The van der Waals surface area contributed by atoms with Crippen LogP contribution in [0.2, 0.25) is 0 Å². The van der Waals surface area contributed by atoms with E-state index in [1.165, 1.54) is 0 Å². The molecule has 3 N–H and O–H groups in total. The first-order chi connectivity index (χ1) is 18.3. The van der Waals surface area contributed by atoms with Crippen LogP contribution in [-0.4, -0.2) is 83.1 Å². The zero-order valence-corrected chi connectivity index (χ0v) is 22.6. The molecule has 38 heavy (non-hydrogen) atoms. The van der Waals surface area contributed by atoms with Crippen molar-refractivity contribution in [1.82, 2.24) is 30.2 Å². The number of hydrogen-bond acceptors (Lipinski definition) is 9. The lowest BCUT2D eigenvalue weighted by Gasteiger charge is -2.35. The Hall–Kier alpha value is -3.51. The van der Waals surface area contributed by atoms with Gasteiger partial charge in [0.2, 0.25) is 17.5 Å². The number of ether oxygens (including phenoxy) is 3. The smallest absolute Gasteiger partial charge is 0.250 e. The van der Waals surface area contributed by atoms with Crippen molar-refractivity contribution in [2.45, 2.75) is 58.8 Å². The number of rotatable bonds is 12. The normalized spacial score (nSPS) is 19.6. The first-order valence-corrected chi connectivity index (χ1v) is 13.0. The van der Waals surface area contributed by atoms with Crippen LogP contribution in [0.5, 0.6) is 5.75 Å². The maximum absolute atomic E-state index is 12.6. The summed E-state index contributed by atoms with van der Waals surface area (Å²) >= 11 is 0. The Kier molecular flexibility index (Phi) is 8.95. The fraction of sp³-hybridized carbons (Fsp3) is 0.577. The average molecular weight is 528 g/mol. The Balaban J connectivity index is 1.31. The monoisotopic (exact) mass is 527 g/mol. The second kappa shape index (κ2) is 12.4. The summed E-state index contributed by atoms with van der Waals surface area (Å²) in [5.74, 6) is 1.67. The number of carbonyl (C=O) groups excluding carboxylic acids is 2. The highest BCUT2D eigenvalue weighted by atomic mass is 16.5. The molecule has 0 bridgehead atoms. The number of aryl methyl sites for hydroxylation is 1. The molecular formula is C26H37N7O5. The van der Waals surface area contributed by atoms with E-state index in [9.17, 15) is 9.59 Å². The van der Waals surface area contributed by atoms with Crippen LogP contribution in [0.3, 0.4) is 0 Å². The first-order valence-electron chi connectivity index (χ1n) is 13.0. The zero-order chi connectivity index (χ0) is 27.2. The fourth-order valence-electron chi connectivity index (χ4n) is 4.45. The van der Waals surface area contributed by atoms with Gasteiger partial charge in [-0.15, -0.1) is 10.2 Å². The molecule has 1 saturated heterocycles. The van der Waals surface area contributed by atoms with E-state index in [4.69, 9.17) is 19.2 Å². The molecule has 1 aliphatic heterocycles. The van der Waals surface area contributed by atoms with Crippen molar-refractivity contribution in [3.8, 4) is 5.75 Å². The number of nitrogens with one attached hydrogen (secondary N) is 3. The molecule has 12 nitrogen and oxygen atoms in total. The lowest BCUT2D eigenvalue weighted by molar-refractivity contribution is -0.158. The lowest BCUT2D eigenvalue weighted by atomic mass is 10.0. The van der Waals surface area contributed by atoms with Crippen molar-refractivity contribution < 1.29 is 23.8 Å². The molecule has 2 amide bonds. The predicted molar refractivity (Wildman–Crippen MR) is 142 cm³/mol. The highest BCUT2D eigenvalue weighted by Gasteiger charge is 2.38. The summed E-state index contributed by atoms with van der Waals surface area (Å²) in [5.41, 5.74) is 2.30. The SMILES string of the molecule is COCCOc1ccc2c(c1)nc(NCCCCNC(=O)[C@H]1NC(=O)[C@@H](C(C)C)OC1C)c1nnc(C)n12. The number of aromatic nitrogens is 4. The van der Waals surface area contributed by atoms with Crippen LogP contribution in [-0.2, 0) is 19.1 Å². The number of hydrogen-bond donors (Lipinski definition) is 3. The minimum atomic E-state index is -0.690. The van der Waals surface area contributed by atoms with E-state index < -0.39 is 12.1 Å². The van der Waals surface area contributed by atoms with Gasteiger partial charge in [0.15, 0.2) is 5.82 Å². The van der Waals surface area contributed by atoms with Gasteiger partial charge in [0.05, 0.1) is 23.7 Å². The molecule has 3 heterocycles. The summed E-state index contributed by atoms with van der Waals surface area (Å²) in [7, 11) is 1.63. The number of carbonyl (C=O) groups is 2. The second-order valence-corrected chi connectivity index (χ2v) is 9.78. The van der Waals surface area contributed by atoms with E-state index in [1.807, 2.05) is 43.4 Å². The molecule has 206 valence electrons. The van der Waals surface area contributed by atoms with E-state index in [2.05, 4.69) is 26.1 Å². The summed E-state index contributed by atoms with van der Waals surface area (Å²) in [6, 6.07) is 5.05. The van der Waals surface area contributed by atoms with Gasteiger partial charge in [-0.2, -0.15) is 0 Å². The van der Waals surface area contributed by atoms with Crippen molar-refractivity contribution in [1.29, 1.82) is 0 Å². The third-order valence-corrected chi connectivity index (χ3v) is 6.48. The maximum atomic E-state index is 12.6. The molecule has 1 aliphatic rings. The largest absolute Gasteiger partial charge is 0.491 e. The molecule has 12 heteroatoms. The van der Waals surface area contributed by atoms with Crippen molar-refractivity contribution in [3.05, 3.63) is 24.0 Å². The standard InChI is InChI=1S/C26H37N7O5/c1-15(2)22-26(35)30-21(16(3)38-22)25(34)28-11-7-6-10-27-23-24-32-31-17(4)33(24)20-9-8-18(14-19(20)29-23)37-13-12-36-5/h8-9,14-16,21-22H,6-7,10-13H2,1-5H3,(H,27,29)(H,28,34)(H,30,35)/t16?,21-,22+/m0/s1. The van der Waals surface area contributed by atoms with Crippen molar-refractivity contribution in [2.24, 2.45) is 5.92 Å². The number of nitrogens with zero attached hydrogens (tertiary/aromatic N) is 4. The summed E-state index contributed by atoms with van der Waals surface area (Å²) in [5, 5.41) is 17.6. The fourth-order valence-corrected chi connectivity index (χ4v) is 4.45. The van der Waals surface area contributed by atoms with Gasteiger partial charge < -0.3 is 30.2 Å². The van der Waals surface area contributed by atoms with Crippen LogP contribution >= 0.6 is 0 Å². The Bertz CT molecular complexity index is 1280. The zero-order valence-electron chi connectivity index (χ0n) is 22.6. The van der Waals surface area contributed by atoms with Crippen LogP contribution in [0, 0.1) is 12.8 Å². The summed E-state index contributed by atoms with van der Waals surface area (Å²) in [6.45, 7) is 9.63. The van der Waals surface area contributed by atoms with Crippen molar-refractivity contribution in [3.63, 3.8) is 0 Å². The number of methoxy groups -OCH3 is 1. The quantitative estimate of drug-likeness (QED) is 0.301. The molecule has 0 radical (unpaired) electrons. The summed E-state index contributed by atoms with van der Waals surface area (Å²) in [4.78, 5) is 29.6. The average Bonchev–Trinajstić information content (AvgIpc) is 3.28. The predicted octanol–water partition coefficient (Wildman–Crippen LogP) is 1.85. The summed E-state index contributed by atoms with van der Waals surface area (Å²) in [6.07, 6.45) is 0.619. The van der Waals surface area contributed by atoms with Crippen LogP contribution in [0.4, 0.5) is 5.82 Å². The maximum Gasteiger partial charge on any atom is 0.250 e. The van der Waals surface area contributed by atoms with Crippen LogP contribution in [0.1, 0.15) is 39.4 Å². The van der Waals surface area contributed by atoms with Crippen molar-refractivity contribution >= 4 is 34.3 Å². The second-order valence-electron chi connectivity index (χ2n) is 9.78. The number of benzene rings is 1. The molecule has 1 unspecified atom stereocenters. The molecule has 2 aromatic heterocycles. The molecular weight excluding hydrogens is 490 g/mol. The van der Waals surface area contributed by atoms with Gasteiger partial charge in [-0.05, 0) is 44.7 Å². The van der Waals surface area contributed by atoms with E-state index in [0.717, 1.165) is 29.7 Å². The van der Waals surface area contributed by atoms with Gasteiger partial charge in [-0.1, -0.05) is 13.8 Å². The minimum absolute atomic E-state index is 0.0465. The Morgan fingerprint density at radius 2 is 2.00 bits per heavy atom. The van der Waals surface area contributed by atoms with Gasteiger partial charge in [-0.3, -0.25) is 14.0 Å². The van der Waals surface area contributed by atoms with Gasteiger partial charge in [0.25, 0.3) is 0 Å². The van der Waals surface area contributed by atoms with Crippen molar-refractivity contribution in [2.75, 3.05) is 38.7 Å².